The molecule has 1 aromatic rings. The van der Waals surface area contributed by atoms with Crippen molar-refractivity contribution in [3.8, 4) is 0 Å². The number of aliphatic carboxylic acids is 1. The molecule has 110 valence electrons. The largest absolute Gasteiger partial charge is 0.481 e. The topological polar surface area (TPSA) is 84.2 Å². The molecule has 1 heterocycles. The average molecular weight is 279 g/mol. The number of carboxylic acids is 1. The fourth-order valence-electron chi connectivity index (χ4n) is 2.69. The Balaban J connectivity index is 1.98. The first-order valence-electron chi connectivity index (χ1n) is 6.87. The lowest BCUT2D eigenvalue weighted by molar-refractivity contribution is -0.157. The molecular formula is C14H21N3O3. The first-order valence-corrected chi connectivity index (χ1v) is 6.87. The van der Waals surface area contributed by atoms with E-state index < -0.39 is 11.4 Å². The first-order chi connectivity index (χ1) is 9.35. The average Bonchev–Trinajstić information content (AvgIpc) is 2.64. The number of carboxylic acid groups (broad SMARTS) is 1. The lowest BCUT2D eigenvalue weighted by atomic mass is 9.66. The predicted molar refractivity (Wildman–Crippen MR) is 73.0 cm³/mol. The molecule has 1 atom stereocenters. The Hall–Kier alpha value is -1.85. The Kier molecular flexibility index (Phi) is 3.83. The molecule has 1 amide bonds. The molecule has 6 heteroatoms. The van der Waals surface area contributed by atoms with Crippen LogP contribution in [0.5, 0.6) is 0 Å². The molecule has 1 aliphatic rings. The second-order valence-corrected chi connectivity index (χ2v) is 5.71. The summed E-state index contributed by atoms with van der Waals surface area (Å²) in [6.45, 7) is 3.83. The van der Waals surface area contributed by atoms with Gasteiger partial charge in [-0.3, -0.25) is 14.3 Å². The van der Waals surface area contributed by atoms with Gasteiger partial charge in [-0.2, -0.15) is 5.10 Å². The standard InChI is InChI=1S/C14H21N3O3/c1-9(11-8-15-17(3)10(11)2)16-12(18)7-14(13(19)20)5-4-6-14/h8-9H,4-7H2,1-3H3,(H,16,18)(H,19,20). The molecule has 1 aliphatic carbocycles. The van der Waals surface area contributed by atoms with Crippen molar-refractivity contribution in [1.29, 1.82) is 0 Å². The lowest BCUT2D eigenvalue weighted by Crippen LogP contribution is -2.43. The third-order valence-corrected chi connectivity index (χ3v) is 4.38. The van der Waals surface area contributed by atoms with Gasteiger partial charge in [-0.05, 0) is 26.7 Å². The van der Waals surface area contributed by atoms with Crippen LogP contribution in [0, 0.1) is 12.3 Å². The highest BCUT2D eigenvalue weighted by Crippen LogP contribution is 2.44. The molecule has 2 rings (SSSR count). The van der Waals surface area contributed by atoms with Gasteiger partial charge < -0.3 is 10.4 Å². The zero-order chi connectivity index (χ0) is 14.9. The summed E-state index contributed by atoms with van der Waals surface area (Å²) in [5.41, 5.74) is 1.11. The fourth-order valence-corrected chi connectivity index (χ4v) is 2.69. The molecule has 1 aromatic heterocycles. The van der Waals surface area contributed by atoms with Crippen molar-refractivity contribution in [3.05, 3.63) is 17.5 Å². The van der Waals surface area contributed by atoms with Crippen molar-refractivity contribution in [2.75, 3.05) is 0 Å². The summed E-state index contributed by atoms with van der Waals surface area (Å²) in [5.74, 6) is -1.06. The summed E-state index contributed by atoms with van der Waals surface area (Å²) in [7, 11) is 1.85. The fraction of sp³-hybridized carbons (Fsp3) is 0.643. The third kappa shape index (κ3) is 2.55. The maximum absolute atomic E-state index is 12.1. The summed E-state index contributed by atoms with van der Waals surface area (Å²) in [4.78, 5) is 23.3. The number of carbonyl (C=O) groups excluding carboxylic acids is 1. The summed E-state index contributed by atoms with van der Waals surface area (Å²) < 4.78 is 1.75. The SMILES string of the molecule is Cc1c(C(C)NC(=O)CC2(C(=O)O)CCC2)cnn1C. The summed E-state index contributed by atoms with van der Waals surface area (Å²) in [6, 6.07) is -0.165. The number of amides is 1. The van der Waals surface area contributed by atoms with Crippen LogP contribution >= 0.6 is 0 Å². The molecule has 0 radical (unpaired) electrons. The van der Waals surface area contributed by atoms with E-state index in [1.807, 2.05) is 20.9 Å². The van der Waals surface area contributed by atoms with Gasteiger partial charge in [0.1, 0.15) is 0 Å². The number of carbonyl (C=O) groups is 2. The zero-order valence-electron chi connectivity index (χ0n) is 12.1. The van der Waals surface area contributed by atoms with Gasteiger partial charge in [0, 0.05) is 24.7 Å². The molecular weight excluding hydrogens is 258 g/mol. The van der Waals surface area contributed by atoms with Crippen molar-refractivity contribution in [2.24, 2.45) is 12.5 Å². The molecule has 1 saturated carbocycles. The monoisotopic (exact) mass is 279 g/mol. The Bertz CT molecular complexity index is 532. The quantitative estimate of drug-likeness (QED) is 0.856. The lowest BCUT2D eigenvalue weighted by Gasteiger charge is -2.37. The Morgan fingerprint density at radius 2 is 2.20 bits per heavy atom. The second-order valence-electron chi connectivity index (χ2n) is 5.71. The van der Waals surface area contributed by atoms with Gasteiger partial charge in [-0.25, -0.2) is 0 Å². The van der Waals surface area contributed by atoms with Crippen molar-refractivity contribution < 1.29 is 14.7 Å². The van der Waals surface area contributed by atoms with Crippen LogP contribution in [0.15, 0.2) is 6.20 Å². The van der Waals surface area contributed by atoms with E-state index in [1.54, 1.807) is 10.9 Å². The maximum Gasteiger partial charge on any atom is 0.310 e. The number of nitrogens with zero attached hydrogens (tertiary/aromatic N) is 2. The van der Waals surface area contributed by atoms with Crippen LogP contribution in [-0.2, 0) is 16.6 Å². The van der Waals surface area contributed by atoms with Crippen LogP contribution in [0.3, 0.4) is 0 Å². The highest BCUT2D eigenvalue weighted by molar-refractivity contribution is 5.85. The molecule has 1 fully saturated rings. The highest BCUT2D eigenvalue weighted by atomic mass is 16.4. The van der Waals surface area contributed by atoms with Crippen LogP contribution in [0.4, 0.5) is 0 Å². The third-order valence-electron chi connectivity index (χ3n) is 4.38. The van der Waals surface area contributed by atoms with Crippen molar-refractivity contribution in [3.63, 3.8) is 0 Å². The van der Waals surface area contributed by atoms with E-state index in [-0.39, 0.29) is 18.4 Å². The van der Waals surface area contributed by atoms with E-state index in [2.05, 4.69) is 10.4 Å². The minimum Gasteiger partial charge on any atom is -0.481 e. The Morgan fingerprint density at radius 1 is 1.55 bits per heavy atom. The summed E-state index contributed by atoms with van der Waals surface area (Å²) >= 11 is 0. The number of hydrogen-bond donors (Lipinski definition) is 2. The summed E-state index contributed by atoms with van der Waals surface area (Å²) in [6.07, 6.45) is 3.87. The van der Waals surface area contributed by atoms with E-state index in [9.17, 15) is 14.7 Å². The molecule has 20 heavy (non-hydrogen) atoms. The normalized spacial score (nSPS) is 18.1. The Labute approximate surface area is 118 Å². The van der Waals surface area contributed by atoms with Crippen molar-refractivity contribution in [2.45, 2.75) is 45.6 Å². The number of hydrogen-bond acceptors (Lipinski definition) is 3. The summed E-state index contributed by atoms with van der Waals surface area (Å²) in [5, 5.41) is 16.3. The van der Waals surface area contributed by atoms with Gasteiger partial charge in [0.05, 0.1) is 17.7 Å². The predicted octanol–water partition coefficient (Wildman–Crippen LogP) is 1.55. The van der Waals surface area contributed by atoms with Crippen LogP contribution in [0.25, 0.3) is 0 Å². The number of aryl methyl sites for hydroxylation is 1. The molecule has 0 aromatic carbocycles. The van der Waals surface area contributed by atoms with Crippen molar-refractivity contribution in [1.82, 2.24) is 15.1 Å². The van der Waals surface area contributed by atoms with Gasteiger partial charge in [-0.1, -0.05) is 6.42 Å². The minimum atomic E-state index is -0.857. The van der Waals surface area contributed by atoms with Gasteiger partial charge >= 0.3 is 5.97 Å². The van der Waals surface area contributed by atoms with Gasteiger partial charge in [0.25, 0.3) is 0 Å². The zero-order valence-corrected chi connectivity index (χ0v) is 12.1. The molecule has 2 N–H and O–H groups in total. The highest BCUT2D eigenvalue weighted by Gasteiger charge is 2.46. The van der Waals surface area contributed by atoms with Gasteiger partial charge in [0.2, 0.25) is 5.91 Å². The number of nitrogens with one attached hydrogen (secondary N) is 1. The van der Waals surface area contributed by atoms with Crippen LogP contribution in [0.2, 0.25) is 0 Å². The van der Waals surface area contributed by atoms with Crippen molar-refractivity contribution >= 4 is 11.9 Å². The molecule has 1 unspecified atom stereocenters. The van der Waals surface area contributed by atoms with Gasteiger partial charge in [0.15, 0.2) is 0 Å². The van der Waals surface area contributed by atoms with Crippen LogP contribution < -0.4 is 5.32 Å². The van der Waals surface area contributed by atoms with E-state index in [4.69, 9.17) is 0 Å². The smallest absolute Gasteiger partial charge is 0.310 e. The van der Waals surface area contributed by atoms with E-state index in [0.717, 1.165) is 17.7 Å². The van der Waals surface area contributed by atoms with E-state index >= 15 is 0 Å². The second kappa shape index (κ2) is 5.26. The molecule has 0 saturated heterocycles. The number of rotatable bonds is 5. The van der Waals surface area contributed by atoms with Crippen LogP contribution in [-0.4, -0.2) is 26.8 Å². The molecule has 0 spiro atoms. The molecule has 0 bridgehead atoms. The van der Waals surface area contributed by atoms with E-state index in [1.165, 1.54) is 0 Å². The van der Waals surface area contributed by atoms with Gasteiger partial charge in [-0.15, -0.1) is 0 Å². The number of aromatic nitrogens is 2. The minimum absolute atomic E-state index is 0.0615. The Morgan fingerprint density at radius 3 is 2.60 bits per heavy atom. The maximum atomic E-state index is 12.1. The van der Waals surface area contributed by atoms with Crippen LogP contribution in [0.1, 0.15) is 49.9 Å². The molecule has 0 aliphatic heterocycles. The van der Waals surface area contributed by atoms with E-state index in [0.29, 0.717) is 12.8 Å². The molecule has 6 nitrogen and oxygen atoms in total. The first kappa shape index (κ1) is 14.6.